The molecule has 0 aliphatic carbocycles. The van der Waals surface area contributed by atoms with Crippen molar-refractivity contribution in [1.82, 2.24) is 0 Å². The number of hydrogen-bond donors (Lipinski definition) is 3. The van der Waals surface area contributed by atoms with Crippen LogP contribution in [-0.2, 0) is 0 Å². The average Bonchev–Trinajstić information content (AvgIpc) is 2.18. The number of rotatable bonds is 1. The minimum absolute atomic E-state index is 0.0326. The number of aliphatic hydroxyl groups excluding tert-OH is 2. The van der Waals surface area contributed by atoms with Crippen molar-refractivity contribution in [3.05, 3.63) is 35.7 Å². The first kappa shape index (κ1) is 9.20. The highest BCUT2D eigenvalue weighted by Crippen LogP contribution is 2.36. The summed E-state index contributed by atoms with van der Waals surface area (Å²) in [5.74, 6) is -2.99. The fourth-order valence-corrected chi connectivity index (χ4v) is 1.16. The number of carbonyl (C=O) groups is 1. The standard InChI is InChI=1S/C9H6O6/c10-7(11)4-2-1-3-5-6(4)15-9(13)8(12)14-5/h1-3,12-13H,(H,10,11). The van der Waals surface area contributed by atoms with E-state index in [0.717, 1.165) is 0 Å². The summed E-state index contributed by atoms with van der Waals surface area (Å²) in [6.45, 7) is 0. The molecule has 1 aliphatic heterocycles. The average molecular weight is 210 g/mol. The second-order valence-corrected chi connectivity index (χ2v) is 2.75. The molecule has 0 fully saturated rings. The van der Waals surface area contributed by atoms with Gasteiger partial charge in [0.1, 0.15) is 5.56 Å². The minimum Gasteiger partial charge on any atom is -0.478 e. The number of hydrogen-bond acceptors (Lipinski definition) is 5. The Bertz CT molecular complexity index is 462. The molecule has 1 aliphatic rings. The van der Waals surface area contributed by atoms with E-state index in [1.807, 2.05) is 0 Å². The summed E-state index contributed by atoms with van der Waals surface area (Å²) < 4.78 is 9.45. The summed E-state index contributed by atoms with van der Waals surface area (Å²) in [7, 11) is 0. The molecule has 0 saturated carbocycles. The molecule has 1 aromatic rings. The maximum Gasteiger partial charge on any atom is 0.367 e. The molecule has 0 bridgehead atoms. The van der Waals surface area contributed by atoms with E-state index < -0.39 is 17.9 Å². The summed E-state index contributed by atoms with van der Waals surface area (Å²) in [5, 5.41) is 26.8. The summed E-state index contributed by atoms with van der Waals surface area (Å²) >= 11 is 0. The molecular formula is C9H6O6. The Labute approximate surface area is 83.6 Å². The Balaban J connectivity index is 2.54. The van der Waals surface area contributed by atoms with E-state index in [9.17, 15) is 4.79 Å². The molecule has 0 aromatic heterocycles. The normalized spacial score (nSPS) is 13.9. The fourth-order valence-electron chi connectivity index (χ4n) is 1.16. The zero-order valence-corrected chi connectivity index (χ0v) is 7.30. The lowest BCUT2D eigenvalue weighted by Gasteiger charge is -2.17. The first-order valence-electron chi connectivity index (χ1n) is 3.94. The van der Waals surface area contributed by atoms with Crippen LogP contribution in [0.5, 0.6) is 11.5 Å². The lowest BCUT2D eigenvalue weighted by molar-refractivity contribution is 0.0661. The zero-order chi connectivity index (χ0) is 11.0. The SMILES string of the molecule is O=C(O)c1cccc2c1OC(O)=C(O)O2. The molecule has 0 unspecified atom stereocenters. The summed E-state index contributed by atoms with van der Waals surface area (Å²) in [5.41, 5.74) is -0.161. The number of aliphatic hydroxyl groups is 2. The van der Waals surface area contributed by atoms with Crippen LogP contribution in [0.15, 0.2) is 30.1 Å². The molecule has 0 saturated heterocycles. The summed E-state index contributed by atoms with van der Waals surface area (Å²) in [6, 6.07) is 4.13. The highest BCUT2D eigenvalue weighted by Gasteiger charge is 2.25. The topological polar surface area (TPSA) is 96.2 Å². The van der Waals surface area contributed by atoms with Gasteiger partial charge in [0, 0.05) is 0 Å². The molecule has 15 heavy (non-hydrogen) atoms. The number of aromatic carboxylic acids is 1. The van der Waals surface area contributed by atoms with E-state index in [-0.39, 0.29) is 17.1 Å². The van der Waals surface area contributed by atoms with E-state index in [1.165, 1.54) is 18.2 Å². The van der Waals surface area contributed by atoms with Crippen molar-refractivity contribution >= 4 is 5.97 Å². The monoisotopic (exact) mass is 210 g/mol. The number of benzene rings is 1. The molecule has 1 aromatic carbocycles. The minimum atomic E-state index is -1.22. The van der Waals surface area contributed by atoms with Gasteiger partial charge >= 0.3 is 17.9 Å². The Hall–Kier alpha value is -2.37. The van der Waals surface area contributed by atoms with Gasteiger partial charge in [-0.2, -0.15) is 0 Å². The van der Waals surface area contributed by atoms with Gasteiger partial charge in [0.15, 0.2) is 11.5 Å². The van der Waals surface area contributed by atoms with Gasteiger partial charge in [0.05, 0.1) is 0 Å². The van der Waals surface area contributed by atoms with Crippen molar-refractivity contribution in [2.24, 2.45) is 0 Å². The van der Waals surface area contributed by atoms with E-state index in [4.69, 9.17) is 24.8 Å². The van der Waals surface area contributed by atoms with Crippen molar-refractivity contribution in [2.45, 2.75) is 0 Å². The molecular weight excluding hydrogens is 204 g/mol. The van der Waals surface area contributed by atoms with Crippen LogP contribution in [0.2, 0.25) is 0 Å². The van der Waals surface area contributed by atoms with Gasteiger partial charge in [-0.25, -0.2) is 4.79 Å². The number of carboxylic acids is 1. The fraction of sp³-hybridized carbons (Fsp3) is 0. The quantitative estimate of drug-likeness (QED) is 0.648. The maximum absolute atomic E-state index is 10.8. The van der Waals surface area contributed by atoms with E-state index >= 15 is 0 Å². The lowest BCUT2D eigenvalue weighted by atomic mass is 10.2. The Kier molecular flexibility index (Phi) is 1.89. The summed E-state index contributed by atoms with van der Waals surface area (Å²) in [6.07, 6.45) is 0. The van der Waals surface area contributed by atoms with E-state index in [1.54, 1.807) is 0 Å². The predicted molar refractivity (Wildman–Crippen MR) is 46.9 cm³/mol. The predicted octanol–water partition coefficient (Wildman–Crippen LogP) is 1.40. The molecule has 0 radical (unpaired) electrons. The van der Waals surface area contributed by atoms with Crippen LogP contribution in [0, 0.1) is 0 Å². The van der Waals surface area contributed by atoms with E-state index in [0.29, 0.717) is 0 Å². The van der Waals surface area contributed by atoms with Gasteiger partial charge in [0.25, 0.3) is 0 Å². The third kappa shape index (κ3) is 1.41. The smallest absolute Gasteiger partial charge is 0.367 e. The van der Waals surface area contributed by atoms with E-state index in [2.05, 4.69) is 0 Å². The molecule has 6 heteroatoms. The van der Waals surface area contributed by atoms with Crippen molar-refractivity contribution in [2.75, 3.05) is 0 Å². The van der Waals surface area contributed by atoms with Gasteiger partial charge in [-0.1, -0.05) is 6.07 Å². The number of para-hydroxylation sites is 1. The number of carboxylic acid groups (broad SMARTS) is 1. The first-order valence-corrected chi connectivity index (χ1v) is 3.94. The second kappa shape index (κ2) is 3.09. The highest BCUT2D eigenvalue weighted by atomic mass is 16.7. The Morgan fingerprint density at radius 1 is 1.13 bits per heavy atom. The van der Waals surface area contributed by atoms with Gasteiger partial charge in [0.2, 0.25) is 0 Å². The van der Waals surface area contributed by atoms with Crippen LogP contribution in [-0.4, -0.2) is 21.3 Å². The molecule has 2 rings (SSSR count). The van der Waals surface area contributed by atoms with Gasteiger partial charge in [-0.3, -0.25) is 0 Å². The molecule has 0 amide bonds. The largest absolute Gasteiger partial charge is 0.478 e. The van der Waals surface area contributed by atoms with Crippen LogP contribution in [0.25, 0.3) is 0 Å². The zero-order valence-electron chi connectivity index (χ0n) is 7.30. The van der Waals surface area contributed by atoms with Crippen LogP contribution in [0.1, 0.15) is 10.4 Å². The van der Waals surface area contributed by atoms with Crippen LogP contribution >= 0.6 is 0 Å². The third-order valence-corrected chi connectivity index (χ3v) is 1.80. The van der Waals surface area contributed by atoms with Crippen molar-refractivity contribution in [1.29, 1.82) is 0 Å². The van der Waals surface area contributed by atoms with Crippen molar-refractivity contribution in [3.63, 3.8) is 0 Å². The van der Waals surface area contributed by atoms with Gasteiger partial charge in [-0.05, 0) is 12.1 Å². The molecule has 0 spiro atoms. The highest BCUT2D eigenvalue weighted by molar-refractivity contribution is 5.92. The van der Waals surface area contributed by atoms with Crippen molar-refractivity contribution < 1.29 is 29.6 Å². The van der Waals surface area contributed by atoms with Crippen LogP contribution < -0.4 is 9.47 Å². The summed E-state index contributed by atoms with van der Waals surface area (Å²) in [4.78, 5) is 10.8. The molecule has 0 atom stereocenters. The molecule has 1 heterocycles. The molecule has 78 valence electrons. The van der Waals surface area contributed by atoms with Crippen LogP contribution in [0.3, 0.4) is 0 Å². The van der Waals surface area contributed by atoms with Crippen LogP contribution in [0.4, 0.5) is 0 Å². The van der Waals surface area contributed by atoms with Crippen molar-refractivity contribution in [3.8, 4) is 11.5 Å². The Morgan fingerprint density at radius 2 is 1.80 bits per heavy atom. The number of ether oxygens (including phenoxy) is 2. The van der Waals surface area contributed by atoms with Gasteiger partial charge < -0.3 is 24.8 Å². The third-order valence-electron chi connectivity index (χ3n) is 1.80. The second-order valence-electron chi connectivity index (χ2n) is 2.75. The van der Waals surface area contributed by atoms with Gasteiger partial charge in [-0.15, -0.1) is 0 Å². The Morgan fingerprint density at radius 3 is 2.47 bits per heavy atom. The lowest BCUT2D eigenvalue weighted by Crippen LogP contribution is -2.14. The first-order chi connectivity index (χ1) is 7.09. The number of fused-ring (bicyclic) bond motifs is 1. The maximum atomic E-state index is 10.8. The molecule has 3 N–H and O–H groups in total. The molecule has 6 nitrogen and oxygen atoms in total.